The average Bonchev–Trinajstić information content (AvgIpc) is 2.00. The summed E-state index contributed by atoms with van der Waals surface area (Å²) in [6.07, 6.45) is 0. The third-order valence-corrected chi connectivity index (χ3v) is 2.02. The first-order valence-electron chi connectivity index (χ1n) is 3.46. The highest BCUT2D eigenvalue weighted by Gasteiger charge is 2.26. The van der Waals surface area contributed by atoms with Crippen LogP contribution in [0.1, 0.15) is 13.8 Å². The van der Waals surface area contributed by atoms with Crippen LogP contribution in [0.3, 0.4) is 0 Å². The van der Waals surface area contributed by atoms with Crippen molar-refractivity contribution in [1.82, 2.24) is 5.32 Å². The van der Waals surface area contributed by atoms with Crippen molar-refractivity contribution in [2.24, 2.45) is 5.41 Å². The number of carboxylic acids is 1. The molecule has 0 fully saturated rings. The molecule has 70 valence electrons. The van der Waals surface area contributed by atoms with E-state index < -0.39 is 11.4 Å². The van der Waals surface area contributed by atoms with Gasteiger partial charge in [-0.1, -0.05) is 0 Å². The Bertz CT molecular complexity index is 191. The molecule has 0 unspecified atom stereocenters. The molecule has 0 aliphatic carbocycles. The van der Waals surface area contributed by atoms with Crippen LogP contribution in [0, 0.1) is 5.41 Å². The van der Waals surface area contributed by atoms with Crippen LogP contribution in [0.4, 0.5) is 0 Å². The van der Waals surface area contributed by atoms with Crippen LogP contribution in [0.5, 0.6) is 0 Å². The van der Waals surface area contributed by atoms with Crippen molar-refractivity contribution < 1.29 is 14.7 Å². The number of nitrogens with one attached hydrogen (secondary N) is 1. The van der Waals surface area contributed by atoms with Gasteiger partial charge in [-0.05, 0) is 13.8 Å². The summed E-state index contributed by atoms with van der Waals surface area (Å²) in [4.78, 5) is 21.2. The summed E-state index contributed by atoms with van der Waals surface area (Å²) in [6.45, 7) is 2.94. The zero-order chi connectivity index (χ0) is 9.78. The fourth-order valence-electron chi connectivity index (χ4n) is 0.456. The topological polar surface area (TPSA) is 66.4 Å². The van der Waals surface area contributed by atoms with Crippen molar-refractivity contribution in [3.8, 4) is 0 Å². The maximum Gasteiger partial charge on any atom is 0.322 e. The number of alkyl halides is 1. The van der Waals surface area contributed by atoms with Gasteiger partial charge in [0.05, 0.1) is 5.41 Å². The van der Waals surface area contributed by atoms with Crippen LogP contribution in [-0.4, -0.2) is 29.4 Å². The lowest BCUT2D eigenvalue weighted by atomic mass is 9.95. The van der Waals surface area contributed by atoms with Crippen LogP contribution in [0.25, 0.3) is 0 Å². The third kappa shape index (κ3) is 3.57. The molecule has 0 aliphatic rings. The fraction of sp³-hybridized carbons (Fsp3) is 0.714. The molecule has 0 atom stereocenters. The number of hydrogen-bond donors (Lipinski definition) is 2. The molecule has 0 saturated heterocycles. The first kappa shape index (κ1) is 11.2. The number of halogens is 1. The maximum atomic E-state index is 11.1. The summed E-state index contributed by atoms with van der Waals surface area (Å²) < 4.78 is 0. The molecule has 0 rings (SSSR count). The van der Waals surface area contributed by atoms with Crippen LogP contribution >= 0.6 is 11.6 Å². The quantitative estimate of drug-likeness (QED) is 0.638. The zero-order valence-electron chi connectivity index (χ0n) is 7.06. The predicted molar refractivity (Wildman–Crippen MR) is 45.1 cm³/mol. The summed E-state index contributed by atoms with van der Waals surface area (Å²) in [5.41, 5.74) is -0.711. The molecular formula is C7H12ClNO3. The van der Waals surface area contributed by atoms with Crippen molar-refractivity contribution in [2.75, 3.05) is 12.4 Å². The van der Waals surface area contributed by atoms with Crippen molar-refractivity contribution in [3.05, 3.63) is 0 Å². The molecule has 0 bridgehead atoms. The van der Waals surface area contributed by atoms with Crippen molar-refractivity contribution in [2.45, 2.75) is 13.8 Å². The minimum atomic E-state index is -1.06. The Balaban J connectivity index is 3.96. The minimum Gasteiger partial charge on any atom is -0.480 e. The van der Waals surface area contributed by atoms with E-state index >= 15 is 0 Å². The molecule has 0 saturated carbocycles. The summed E-state index contributed by atoms with van der Waals surface area (Å²) in [5.74, 6) is -1.24. The fourth-order valence-corrected chi connectivity index (χ4v) is 0.577. The number of carbonyl (C=O) groups is 2. The summed E-state index contributed by atoms with van der Waals surface area (Å²) >= 11 is 5.50. The van der Waals surface area contributed by atoms with E-state index in [2.05, 4.69) is 5.32 Å². The van der Waals surface area contributed by atoms with Gasteiger partial charge in [0.25, 0.3) is 0 Å². The van der Waals surface area contributed by atoms with Crippen LogP contribution in [0.15, 0.2) is 0 Å². The SMILES string of the molecule is CC(C)(CCl)C(=O)NCC(=O)O. The van der Waals surface area contributed by atoms with Gasteiger partial charge < -0.3 is 10.4 Å². The standard InChI is InChI=1S/C7H12ClNO3/c1-7(2,4-8)6(12)9-3-5(10)11/h3-4H2,1-2H3,(H,9,12)(H,10,11). The molecule has 0 aromatic heterocycles. The van der Waals surface area contributed by atoms with E-state index in [1.165, 1.54) is 0 Å². The van der Waals surface area contributed by atoms with Gasteiger partial charge in [-0.15, -0.1) is 11.6 Å². The lowest BCUT2D eigenvalue weighted by Gasteiger charge is -2.19. The van der Waals surface area contributed by atoms with E-state index in [1.54, 1.807) is 13.8 Å². The van der Waals surface area contributed by atoms with Gasteiger partial charge in [-0.2, -0.15) is 0 Å². The molecule has 0 heterocycles. The second-order valence-electron chi connectivity index (χ2n) is 3.09. The Morgan fingerprint density at radius 2 is 2.00 bits per heavy atom. The second-order valence-corrected chi connectivity index (χ2v) is 3.36. The molecule has 0 radical (unpaired) electrons. The molecule has 5 heteroatoms. The smallest absolute Gasteiger partial charge is 0.322 e. The minimum absolute atomic E-state index is 0.165. The highest BCUT2D eigenvalue weighted by molar-refractivity contribution is 6.19. The largest absolute Gasteiger partial charge is 0.480 e. The van der Waals surface area contributed by atoms with Gasteiger partial charge in [-0.25, -0.2) is 0 Å². The summed E-state index contributed by atoms with van der Waals surface area (Å²) in [7, 11) is 0. The molecule has 0 aliphatic heterocycles. The Morgan fingerprint density at radius 3 is 2.33 bits per heavy atom. The first-order chi connectivity index (χ1) is 5.40. The van der Waals surface area contributed by atoms with Crippen molar-refractivity contribution in [1.29, 1.82) is 0 Å². The van der Waals surface area contributed by atoms with Gasteiger partial charge in [0, 0.05) is 5.88 Å². The molecule has 2 N–H and O–H groups in total. The normalized spacial score (nSPS) is 10.9. The number of carboxylic acid groups (broad SMARTS) is 1. The van der Waals surface area contributed by atoms with E-state index in [0.29, 0.717) is 0 Å². The number of carbonyl (C=O) groups excluding carboxylic acids is 1. The number of rotatable bonds is 4. The Morgan fingerprint density at radius 1 is 1.50 bits per heavy atom. The van der Waals surface area contributed by atoms with E-state index in [0.717, 1.165) is 0 Å². The number of amides is 1. The molecule has 4 nitrogen and oxygen atoms in total. The van der Waals surface area contributed by atoms with Crippen LogP contribution < -0.4 is 5.32 Å². The number of aliphatic carboxylic acids is 1. The monoisotopic (exact) mass is 193 g/mol. The van der Waals surface area contributed by atoms with Gasteiger partial charge in [0.15, 0.2) is 0 Å². The highest BCUT2D eigenvalue weighted by Crippen LogP contribution is 2.16. The van der Waals surface area contributed by atoms with E-state index in [4.69, 9.17) is 16.7 Å². The molecular weight excluding hydrogens is 182 g/mol. The Labute approximate surface area is 75.9 Å². The Kier molecular flexibility index (Phi) is 4.03. The zero-order valence-corrected chi connectivity index (χ0v) is 7.81. The van der Waals surface area contributed by atoms with Gasteiger partial charge in [-0.3, -0.25) is 9.59 Å². The maximum absolute atomic E-state index is 11.1. The lowest BCUT2D eigenvalue weighted by Crippen LogP contribution is -2.40. The van der Waals surface area contributed by atoms with Gasteiger partial charge in [0.1, 0.15) is 6.54 Å². The van der Waals surface area contributed by atoms with Crippen molar-refractivity contribution >= 4 is 23.5 Å². The van der Waals surface area contributed by atoms with Crippen LogP contribution in [-0.2, 0) is 9.59 Å². The highest BCUT2D eigenvalue weighted by atomic mass is 35.5. The van der Waals surface area contributed by atoms with E-state index in [-0.39, 0.29) is 18.3 Å². The predicted octanol–water partition coefficient (Wildman–Crippen LogP) is 0.452. The third-order valence-electron chi connectivity index (χ3n) is 1.35. The molecule has 0 aromatic carbocycles. The van der Waals surface area contributed by atoms with E-state index in [9.17, 15) is 9.59 Å². The van der Waals surface area contributed by atoms with Crippen molar-refractivity contribution in [3.63, 3.8) is 0 Å². The lowest BCUT2D eigenvalue weighted by molar-refractivity contribution is -0.139. The molecule has 0 aromatic rings. The molecule has 0 spiro atoms. The average molecular weight is 194 g/mol. The van der Waals surface area contributed by atoms with Gasteiger partial charge in [0.2, 0.25) is 5.91 Å². The van der Waals surface area contributed by atoms with Crippen LogP contribution in [0.2, 0.25) is 0 Å². The second kappa shape index (κ2) is 4.30. The van der Waals surface area contributed by atoms with E-state index in [1.807, 2.05) is 0 Å². The van der Waals surface area contributed by atoms with Gasteiger partial charge >= 0.3 is 5.97 Å². The number of hydrogen-bond acceptors (Lipinski definition) is 2. The first-order valence-corrected chi connectivity index (χ1v) is 3.99. The molecule has 12 heavy (non-hydrogen) atoms. The molecule has 1 amide bonds. The summed E-state index contributed by atoms with van der Waals surface area (Å²) in [6, 6.07) is 0. The summed E-state index contributed by atoms with van der Waals surface area (Å²) in [5, 5.41) is 10.5. The Hall–Kier alpha value is -0.770.